The third-order valence-electron chi connectivity index (χ3n) is 3.19. The van der Waals surface area contributed by atoms with E-state index in [-0.39, 0.29) is 18.7 Å². The van der Waals surface area contributed by atoms with Crippen molar-refractivity contribution in [3.8, 4) is 0 Å². The molecule has 0 aromatic heterocycles. The van der Waals surface area contributed by atoms with E-state index in [1.165, 1.54) is 18.1 Å². The maximum absolute atomic E-state index is 12.5. The van der Waals surface area contributed by atoms with Gasteiger partial charge in [0.1, 0.15) is 0 Å². The average molecular weight is 329 g/mol. The van der Waals surface area contributed by atoms with Gasteiger partial charge in [0.25, 0.3) is 5.91 Å². The van der Waals surface area contributed by atoms with E-state index >= 15 is 0 Å². The second-order valence-corrected chi connectivity index (χ2v) is 5.00. The molecule has 1 aromatic rings. The second-order valence-electron chi connectivity index (χ2n) is 5.00. The maximum Gasteiger partial charge on any atom is 0.416 e. The highest BCUT2D eigenvalue weighted by Gasteiger charge is 2.30. The van der Waals surface area contributed by atoms with Crippen LogP contribution >= 0.6 is 0 Å². The maximum atomic E-state index is 12.5. The lowest BCUT2D eigenvalue weighted by molar-refractivity contribution is -0.145. The van der Waals surface area contributed by atoms with Gasteiger partial charge in [-0.2, -0.15) is 13.2 Å². The Morgan fingerprint density at radius 3 is 2.30 bits per heavy atom. The number of halogens is 3. The number of benzene rings is 1. The van der Waals surface area contributed by atoms with Crippen molar-refractivity contribution in [2.45, 2.75) is 13.1 Å². The van der Waals surface area contributed by atoms with Crippen LogP contribution in [0.5, 0.6) is 0 Å². The highest BCUT2D eigenvalue weighted by atomic mass is 19.4. The summed E-state index contributed by atoms with van der Waals surface area (Å²) < 4.78 is 42.2. The van der Waals surface area contributed by atoms with E-state index in [0.29, 0.717) is 0 Å². The van der Waals surface area contributed by atoms with E-state index in [4.69, 9.17) is 0 Å². The van der Waals surface area contributed by atoms with Crippen LogP contribution in [0.2, 0.25) is 0 Å². The molecule has 4 nitrogen and oxygen atoms in total. The molecule has 0 bridgehead atoms. The minimum Gasteiger partial charge on any atom is -0.469 e. The summed E-state index contributed by atoms with van der Waals surface area (Å²) in [5, 5.41) is 0. The Balaban J connectivity index is 2.93. The lowest BCUT2D eigenvalue weighted by Crippen LogP contribution is -2.37. The van der Waals surface area contributed by atoms with Crippen LogP contribution in [0, 0.1) is 5.92 Å². The third-order valence-corrected chi connectivity index (χ3v) is 3.19. The topological polar surface area (TPSA) is 46.6 Å². The molecular formula is C16H18F3NO3. The van der Waals surface area contributed by atoms with Crippen molar-refractivity contribution in [1.29, 1.82) is 0 Å². The van der Waals surface area contributed by atoms with Gasteiger partial charge in [-0.15, -0.1) is 6.58 Å². The molecule has 0 saturated carbocycles. The summed E-state index contributed by atoms with van der Waals surface area (Å²) in [4.78, 5) is 25.2. The van der Waals surface area contributed by atoms with Gasteiger partial charge in [0.15, 0.2) is 0 Å². The Morgan fingerprint density at radius 1 is 1.30 bits per heavy atom. The molecule has 0 saturated heterocycles. The molecule has 7 heteroatoms. The van der Waals surface area contributed by atoms with Crippen molar-refractivity contribution in [3.05, 3.63) is 48.0 Å². The molecule has 0 fully saturated rings. The molecule has 1 aromatic carbocycles. The molecule has 0 spiro atoms. The van der Waals surface area contributed by atoms with E-state index in [1.807, 2.05) is 0 Å². The van der Waals surface area contributed by atoms with E-state index in [9.17, 15) is 22.8 Å². The van der Waals surface area contributed by atoms with Gasteiger partial charge in [0.2, 0.25) is 0 Å². The third kappa shape index (κ3) is 5.12. The molecular weight excluding hydrogens is 311 g/mol. The molecule has 126 valence electrons. The first-order valence-corrected chi connectivity index (χ1v) is 6.86. The number of amides is 1. The van der Waals surface area contributed by atoms with Crippen LogP contribution < -0.4 is 0 Å². The van der Waals surface area contributed by atoms with Gasteiger partial charge in [-0.05, 0) is 24.3 Å². The largest absolute Gasteiger partial charge is 0.469 e. The van der Waals surface area contributed by atoms with Crippen molar-refractivity contribution < 1.29 is 27.5 Å². The summed E-state index contributed by atoms with van der Waals surface area (Å²) in [6.45, 7) is 5.39. The summed E-state index contributed by atoms with van der Waals surface area (Å²) in [5.41, 5.74) is -0.718. The first-order valence-electron chi connectivity index (χ1n) is 6.86. The fourth-order valence-corrected chi connectivity index (χ4v) is 1.99. The number of methoxy groups -OCH3 is 1. The monoisotopic (exact) mass is 329 g/mol. The Morgan fingerprint density at radius 2 is 1.87 bits per heavy atom. The standard InChI is InChI=1S/C16H18F3NO3/c1-4-9-20(10-11(2)15(22)23-3)14(21)12-5-7-13(8-6-12)16(17,18)19/h4-8,11H,1,9-10H2,2-3H3. The smallest absolute Gasteiger partial charge is 0.416 e. The van der Waals surface area contributed by atoms with Crippen LogP contribution in [0.4, 0.5) is 13.2 Å². The van der Waals surface area contributed by atoms with Crippen LogP contribution in [-0.2, 0) is 15.7 Å². The predicted molar refractivity (Wildman–Crippen MR) is 78.7 cm³/mol. The minimum atomic E-state index is -4.46. The highest BCUT2D eigenvalue weighted by Crippen LogP contribution is 2.29. The van der Waals surface area contributed by atoms with Crippen LogP contribution in [0.1, 0.15) is 22.8 Å². The summed E-state index contributed by atoms with van der Waals surface area (Å²) >= 11 is 0. The molecule has 1 unspecified atom stereocenters. The molecule has 0 heterocycles. The number of ether oxygens (including phenoxy) is 1. The molecule has 1 atom stereocenters. The Labute approximate surface area is 132 Å². The number of esters is 1. The van der Waals surface area contributed by atoms with Gasteiger partial charge in [-0.1, -0.05) is 13.0 Å². The average Bonchev–Trinajstić information content (AvgIpc) is 2.52. The fraction of sp³-hybridized carbons (Fsp3) is 0.375. The number of carbonyl (C=O) groups is 2. The fourth-order valence-electron chi connectivity index (χ4n) is 1.99. The zero-order valence-corrected chi connectivity index (χ0v) is 12.9. The minimum absolute atomic E-state index is 0.0819. The molecule has 0 N–H and O–H groups in total. The van der Waals surface area contributed by atoms with Crippen LogP contribution in [-0.4, -0.2) is 37.0 Å². The number of rotatable bonds is 6. The van der Waals surface area contributed by atoms with Gasteiger partial charge in [-0.25, -0.2) is 0 Å². The Kier molecular flexibility index (Phi) is 6.36. The quantitative estimate of drug-likeness (QED) is 0.595. The second kappa shape index (κ2) is 7.80. The van der Waals surface area contributed by atoms with E-state index in [0.717, 1.165) is 24.3 Å². The Bertz CT molecular complexity index is 567. The number of carbonyl (C=O) groups excluding carboxylic acids is 2. The number of nitrogens with zero attached hydrogens (tertiary/aromatic N) is 1. The van der Waals surface area contributed by atoms with Gasteiger partial charge < -0.3 is 9.64 Å². The van der Waals surface area contributed by atoms with Gasteiger partial charge in [0, 0.05) is 18.7 Å². The molecule has 23 heavy (non-hydrogen) atoms. The summed E-state index contributed by atoms with van der Waals surface area (Å²) in [6, 6.07) is 3.93. The van der Waals surface area contributed by atoms with Gasteiger partial charge in [-0.3, -0.25) is 9.59 Å². The van der Waals surface area contributed by atoms with Crippen LogP contribution in [0.3, 0.4) is 0 Å². The van der Waals surface area contributed by atoms with Gasteiger partial charge in [0.05, 0.1) is 18.6 Å². The molecule has 0 aliphatic carbocycles. The van der Waals surface area contributed by atoms with E-state index in [2.05, 4.69) is 11.3 Å². The normalized spacial score (nSPS) is 12.4. The number of hydrogen-bond donors (Lipinski definition) is 0. The summed E-state index contributed by atoms with van der Waals surface area (Å²) in [6.07, 6.45) is -2.98. The van der Waals surface area contributed by atoms with E-state index < -0.39 is 29.5 Å². The highest BCUT2D eigenvalue weighted by molar-refractivity contribution is 5.94. The molecule has 0 radical (unpaired) electrons. The van der Waals surface area contributed by atoms with Crippen molar-refractivity contribution in [2.24, 2.45) is 5.92 Å². The summed E-state index contributed by atoms with van der Waals surface area (Å²) in [7, 11) is 1.24. The van der Waals surface area contributed by atoms with Crippen LogP contribution in [0.15, 0.2) is 36.9 Å². The van der Waals surface area contributed by atoms with Crippen molar-refractivity contribution in [1.82, 2.24) is 4.90 Å². The zero-order valence-electron chi connectivity index (χ0n) is 12.9. The first kappa shape index (κ1) is 18.7. The van der Waals surface area contributed by atoms with E-state index in [1.54, 1.807) is 6.92 Å². The zero-order chi connectivity index (χ0) is 17.6. The molecule has 0 aliphatic rings. The van der Waals surface area contributed by atoms with Crippen LogP contribution in [0.25, 0.3) is 0 Å². The lowest BCUT2D eigenvalue weighted by Gasteiger charge is -2.24. The molecule has 0 aliphatic heterocycles. The van der Waals surface area contributed by atoms with Gasteiger partial charge >= 0.3 is 12.1 Å². The SMILES string of the molecule is C=CCN(CC(C)C(=O)OC)C(=O)c1ccc(C(F)(F)F)cc1. The summed E-state index contributed by atoms with van der Waals surface area (Å²) in [5.74, 6) is -1.51. The first-order chi connectivity index (χ1) is 10.7. The predicted octanol–water partition coefficient (Wildman–Crippen LogP) is 3.14. The van der Waals surface area contributed by atoms with Crippen molar-refractivity contribution in [3.63, 3.8) is 0 Å². The Hall–Kier alpha value is -2.31. The van der Waals surface area contributed by atoms with Crippen molar-refractivity contribution in [2.75, 3.05) is 20.2 Å². The molecule has 1 rings (SSSR count). The molecule has 1 amide bonds. The lowest BCUT2D eigenvalue weighted by atomic mass is 10.1. The number of alkyl halides is 3. The van der Waals surface area contributed by atoms with Crippen molar-refractivity contribution >= 4 is 11.9 Å². The number of hydrogen-bond acceptors (Lipinski definition) is 3.